The highest BCUT2D eigenvalue weighted by molar-refractivity contribution is 5.75. The molecule has 3 unspecified atom stereocenters. The van der Waals surface area contributed by atoms with E-state index in [9.17, 15) is 14.4 Å². The van der Waals surface area contributed by atoms with Crippen LogP contribution in [0.1, 0.15) is 39.2 Å². The topological polar surface area (TPSA) is 181 Å². The summed E-state index contributed by atoms with van der Waals surface area (Å²) >= 11 is 0. The third-order valence-electron chi connectivity index (χ3n) is 3.85. The summed E-state index contributed by atoms with van der Waals surface area (Å²) in [6.45, 7) is 3.60. The molecular formula is C21H31NO11. The lowest BCUT2D eigenvalue weighted by molar-refractivity contribution is -0.204. The van der Waals surface area contributed by atoms with Crippen molar-refractivity contribution in [2.45, 2.75) is 58.7 Å². The van der Waals surface area contributed by atoms with Gasteiger partial charge in [-0.15, -0.1) is 0 Å². The SMILES string of the molecule is CC(=O)O.COC(=O)C1CC(OC(C)=O)CC(Oc2ccc(CO)cc2N)O1.COC(C)=O. The second kappa shape index (κ2) is 15.4. The van der Waals surface area contributed by atoms with Crippen LogP contribution in [-0.2, 0) is 44.7 Å². The van der Waals surface area contributed by atoms with Crippen LogP contribution in [0.3, 0.4) is 0 Å². The molecule has 0 saturated carbocycles. The van der Waals surface area contributed by atoms with Crippen LogP contribution in [0.25, 0.3) is 0 Å². The molecule has 0 spiro atoms. The highest BCUT2D eigenvalue weighted by Crippen LogP contribution is 2.29. The number of aliphatic hydroxyl groups excluding tert-OH is 1. The van der Waals surface area contributed by atoms with E-state index in [0.717, 1.165) is 6.92 Å². The third kappa shape index (κ3) is 12.9. The predicted molar refractivity (Wildman–Crippen MR) is 114 cm³/mol. The molecule has 1 fully saturated rings. The first kappa shape index (κ1) is 29.6. The summed E-state index contributed by atoms with van der Waals surface area (Å²) in [6.07, 6.45) is -1.78. The summed E-state index contributed by atoms with van der Waals surface area (Å²) in [7, 11) is 2.60. The Labute approximate surface area is 191 Å². The van der Waals surface area contributed by atoms with E-state index in [0.29, 0.717) is 17.0 Å². The number of hydrogen-bond acceptors (Lipinski definition) is 11. The Hall–Kier alpha value is -3.38. The van der Waals surface area contributed by atoms with Crippen molar-refractivity contribution in [3.63, 3.8) is 0 Å². The number of anilines is 1. The van der Waals surface area contributed by atoms with Crippen molar-refractivity contribution < 1.29 is 53.1 Å². The van der Waals surface area contributed by atoms with Crippen LogP contribution in [-0.4, -0.2) is 66.8 Å². The number of rotatable bonds is 5. The van der Waals surface area contributed by atoms with Gasteiger partial charge >= 0.3 is 17.9 Å². The quantitative estimate of drug-likeness (QED) is 0.314. The Kier molecular flexibility index (Phi) is 13.8. The van der Waals surface area contributed by atoms with Crippen molar-refractivity contribution in [1.29, 1.82) is 0 Å². The maximum Gasteiger partial charge on any atom is 0.335 e. The van der Waals surface area contributed by atoms with E-state index in [1.165, 1.54) is 28.1 Å². The maximum atomic E-state index is 11.8. The molecule has 33 heavy (non-hydrogen) atoms. The lowest BCUT2D eigenvalue weighted by atomic mass is 10.0. The number of nitrogen functional groups attached to an aromatic ring is 1. The zero-order valence-electron chi connectivity index (χ0n) is 19.2. The maximum absolute atomic E-state index is 11.8. The number of aliphatic hydroxyl groups is 1. The summed E-state index contributed by atoms with van der Waals surface area (Å²) in [4.78, 5) is 41.5. The van der Waals surface area contributed by atoms with Crippen LogP contribution in [0.4, 0.5) is 5.69 Å². The van der Waals surface area contributed by atoms with E-state index in [1.807, 2.05) is 0 Å². The molecule has 0 radical (unpaired) electrons. The molecule has 1 aromatic carbocycles. The van der Waals surface area contributed by atoms with Gasteiger partial charge in [0.2, 0.25) is 6.29 Å². The lowest BCUT2D eigenvalue weighted by Crippen LogP contribution is -2.44. The number of ether oxygens (including phenoxy) is 5. The van der Waals surface area contributed by atoms with E-state index < -0.39 is 36.4 Å². The van der Waals surface area contributed by atoms with Gasteiger partial charge in [0.05, 0.1) is 26.5 Å². The fourth-order valence-electron chi connectivity index (χ4n) is 2.48. The van der Waals surface area contributed by atoms with Gasteiger partial charge in [-0.3, -0.25) is 14.4 Å². The molecule has 0 bridgehead atoms. The van der Waals surface area contributed by atoms with Crippen LogP contribution in [0.5, 0.6) is 5.75 Å². The summed E-state index contributed by atoms with van der Waals surface area (Å²) < 4.78 is 25.2. The van der Waals surface area contributed by atoms with Crippen molar-refractivity contribution in [2.75, 3.05) is 20.0 Å². The monoisotopic (exact) mass is 473 g/mol. The summed E-state index contributed by atoms with van der Waals surface area (Å²) in [5.41, 5.74) is 6.86. The summed E-state index contributed by atoms with van der Waals surface area (Å²) in [6, 6.07) is 4.85. The minimum absolute atomic E-state index is 0.136. The first-order chi connectivity index (χ1) is 15.4. The second-order valence-electron chi connectivity index (χ2n) is 6.64. The van der Waals surface area contributed by atoms with Crippen molar-refractivity contribution in [2.24, 2.45) is 0 Å². The van der Waals surface area contributed by atoms with Gasteiger partial charge in [-0.2, -0.15) is 0 Å². The van der Waals surface area contributed by atoms with Crippen molar-refractivity contribution in [3.05, 3.63) is 23.8 Å². The fraction of sp³-hybridized carbons (Fsp3) is 0.524. The van der Waals surface area contributed by atoms with Crippen LogP contribution < -0.4 is 10.5 Å². The molecule has 186 valence electrons. The number of carbonyl (C=O) groups is 4. The molecule has 1 aliphatic rings. The molecule has 1 aliphatic heterocycles. The minimum Gasteiger partial charge on any atom is -0.481 e. The zero-order chi connectivity index (χ0) is 25.6. The molecule has 12 nitrogen and oxygen atoms in total. The number of carboxylic acids is 1. The molecule has 4 N–H and O–H groups in total. The number of nitrogens with two attached hydrogens (primary N) is 1. The van der Waals surface area contributed by atoms with Crippen molar-refractivity contribution in [3.8, 4) is 5.75 Å². The largest absolute Gasteiger partial charge is 0.481 e. The predicted octanol–water partition coefficient (Wildman–Crippen LogP) is 1.02. The number of benzene rings is 1. The van der Waals surface area contributed by atoms with Gasteiger partial charge in [0.1, 0.15) is 11.9 Å². The summed E-state index contributed by atoms with van der Waals surface area (Å²) in [5, 5.41) is 16.5. The Bertz CT molecular complexity index is 792. The number of hydrogen-bond donors (Lipinski definition) is 3. The Morgan fingerprint density at radius 2 is 1.64 bits per heavy atom. The number of carbonyl (C=O) groups excluding carboxylic acids is 3. The third-order valence-corrected chi connectivity index (χ3v) is 3.85. The Morgan fingerprint density at radius 3 is 2.06 bits per heavy atom. The smallest absolute Gasteiger partial charge is 0.335 e. The van der Waals surface area contributed by atoms with E-state index >= 15 is 0 Å². The van der Waals surface area contributed by atoms with Crippen LogP contribution in [0.15, 0.2) is 18.2 Å². The lowest BCUT2D eigenvalue weighted by Gasteiger charge is -2.33. The molecule has 1 aromatic rings. The molecular weight excluding hydrogens is 442 g/mol. The average molecular weight is 473 g/mol. The van der Waals surface area contributed by atoms with Crippen LogP contribution in [0, 0.1) is 0 Å². The average Bonchev–Trinajstić information content (AvgIpc) is 2.73. The zero-order valence-corrected chi connectivity index (χ0v) is 19.2. The van der Waals surface area contributed by atoms with Crippen LogP contribution in [0.2, 0.25) is 0 Å². The standard InChI is InChI=1S/C16H21NO7.C3H6O2.C2H4O2/c1-9(19)22-11-6-14(16(20)21-2)24-15(7-11)23-13-4-3-10(8-18)5-12(13)17;1-3(4)5-2;1-2(3)4/h3-5,11,14-15,18H,6-8,17H2,1-2H3;1-2H3;1H3,(H,3,4). The molecule has 0 aliphatic carbocycles. The molecule has 1 saturated heterocycles. The number of methoxy groups -OCH3 is 2. The molecule has 3 atom stereocenters. The molecule has 2 rings (SSSR count). The number of esters is 3. The van der Waals surface area contributed by atoms with E-state index in [2.05, 4.69) is 9.47 Å². The van der Waals surface area contributed by atoms with Gasteiger partial charge in [0, 0.05) is 33.6 Å². The Balaban J connectivity index is 0.000000968. The first-order valence-corrected chi connectivity index (χ1v) is 9.73. The van der Waals surface area contributed by atoms with Crippen LogP contribution >= 0.6 is 0 Å². The van der Waals surface area contributed by atoms with E-state index in [4.69, 9.17) is 35.0 Å². The number of carboxylic acid groups (broad SMARTS) is 1. The van der Waals surface area contributed by atoms with E-state index in [-0.39, 0.29) is 25.4 Å². The normalized spacial score (nSPS) is 18.8. The number of aliphatic carboxylic acids is 1. The molecule has 0 aromatic heterocycles. The summed E-state index contributed by atoms with van der Waals surface area (Å²) in [5.74, 6) is -1.74. The van der Waals surface area contributed by atoms with Gasteiger partial charge in [-0.05, 0) is 17.7 Å². The second-order valence-corrected chi connectivity index (χ2v) is 6.64. The highest BCUT2D eigenvalue weighted by Gasteiger charge is 2.37. The van der Waals surface area contributed by atoms with Gasteiger partial charge in [-0.25, -0.2) is 4.79 Å². The highest BCUT2D eigenvalue weighted by atomic mass is 16.7. The molecule has 1 heterocycles. The van der Waals surface area contributed by atoms with E-state index in [1.54, 1.807) is 18.2 Å². The van der Waals surface area contributed by atoms with Gasteiger partial charge in [-0.1, -0.05) is 6.07 Å². The van der Waals surface area contributed by atoms with Crippen molar-refractivity contribution >= 4 is 29.6 Å². The van der Waals surface area contributed by atoms with Gasteiger partial charge in [0.25, 0.3) is 5.97 Å². The fourth-order valence-corrected chi connectivity index (χ4v) is 2.48. The first-order valence-electron chi connectivity index (χ1n) is 9.73. The molecule has 0 amide bonds. The molecule has 12 heteroatoms. The van der Waals surface area contributed by atoms with Crippen molar-refractivity contribution in [1.82, 2.24) is 0 Å². The Morgan fingerprint density at radius 1 is 1.06 bits per heavy atom. The van der Waals surface area contributed by atoms with Gasteiger partial charge in [0.15, 0.2) is 6.10 Å². The minimum atomic E-state index is -0.893. The van der Waals surface area contributed by atoms with Gasteiger partial charge < -0.3 is 39.6 Å².